The second-order valence-corrected chi connectivity index (χ2v) is 7.80. The minimum Gasteiger partial charge on any atom is -0.371 e. The monoisotopic (exact) mass is 498 g/mol. The molecule has 1 aromatic carbocycles. The molecule has 0 amide bonds. The van der Waals surface area contributed by atoms with Gasteiger partial charge in [0.2, 0.25) is 0 Å². The molecule has 2 aliphatic rings. The third-order valence-electron chi connectivity index (χ3n) is 5.21. The zero-order chi connectivity index (χ0) is 17.8. The molecule has 3 heterocycles. The maximum Gasteiger partial charge on any atom is 0.191 e. The van der Waals surface area contributed by atoms with E-state index in [-0.39, 0.29) is 24.0 Å². The van der Waals surface area contributed by atoms with Crippen LogP contribution in [0.15, 0.2) is 46.9 Å². The summed E-state index contributed by atoms with van der Waals surface area (Å²) in [5.74, 6) is 1.28. The topological polar surface area (TPSA) is 61.0 Å². The molecule has 1 atom stereocenters. The lowest BCUT2D eigenvalue weighted by molar-refractivity contribution is 0.379. The number of piperazine rings is 1. The molecule has 2 aromatic rings. The van der Waals surface area contributed by atoms with Gasteiger partial charge in [-0.3, -0.25) is 4.99 Å². The number of nitrogens with two attached hydrogens (primary N) is 1. The van der Waals surface area contributed by atoms with E-state index in [1.54, 1.807) is 11.3 Å². The van der Waals surface area contributed by atoms with Crippen molar-refractivity contribution in [2.24, 2.45) is 16.6 Å². The van der Waals surface area contributed by atoms with Gasteiger partial charge in [-0.2, -0.15) is 0 Å². The average Bonchev–Trinajstić information content (AvgIpc) is 3.39. The van der Waals surface area contributed by atoms with Crippen LogP contribution in [0.5, 0.6) is 0 Å². The van der Waals surface area contributed by atoms with Gasteiger partial charge in [0.15, 0.2) is 11.1 Å². The fourth-order valence-corrected chi connectivity index (χ4v) is 4.37. The number of aromatic nitrogens is 1. The first-order valence-electron chi connectivity index (χ1n) is 9.29. The number of hydrogen-bond acceptors (Lipinski definition) is 5. The van der Waals surface area contributed by atoms with Crippen molar-refractivity contribution in [1.29, 1.82) is 0 Å². The molecule has 0 saturated carbocycles. The van der Waals surface area contributed by atoms with E-state index >= 15 is 0 Å². The number of nitrogens with zero attached hydrogens (tertiary/aromatic N) is 5. The van der Waals surface area contributed by atoms with E-state index in [9.17, 15) is 0 Å². The minimum atomic E-state index is 0. The summed E-state index contributed by atoms with van der Waals surface area (Å²) in [6.07, 6.45) is 3.05. The van der Waals surface area contributed by atoms with Gasteiger partial charge in [-0.05, 0) is 24.5 Å². The van der Waals surface area contributed by atoms with E-state index in [1.165, 1.54) is 12.1 Å². The van der Waals surface area contributed by atoms with Crippen molar-refractivity contribution in [2.45, 2.75) is 6.42 Å². The Morgan fingerprint density at radius 2 is 1.89 bits per heavy atom. The molecule has 4 rings (SSSR count). The SMILES string of the molecule is I.NC(=NCC1CCN(c2ccccc2)C1)N1CCN(c2nccs2)CC1. The van der Waals surface area contributed by atoms with Gasteiger partial charge in [-0.1, -0.05) is 18.2 Å². The molecule has 0 radical (unpaired) electrons. The molecule has 2 saturated heterocycles. The van der Waals surface area contributed by atoms with Gasteiger partial charge in [0.1, 0.15) is 0 Å². The molecule has 2 N–H and O–H groups in total. The average molecular weight is 498 g/mol. The highest BCUT2D eigenvalue weighted by atomic mass is 127. The van der Waals surface area contributed by atoms with Gasteiger partial charge in [0.05, 0.1) is 0 Å². The van der Waals surface area contributed by atoms with Gasteiger partial charge >= 0.3 is 0 Å². The Kier molecular flexibility index (Phi) is 7.17. The smallest absolute Gasteiger partial charge is 0.191 e. The zero-order valence-corrected chi connectivity index (χ0v) is 18.6. The van der Waals surface area contributed by atoms with Gasteiger partial charge in [0.25, 0.3) is 0 Å². The first-order valence-corrected chi connectivity index (χ1v) is 10.2. The fourth-order valence-electron chi connectivity index (χ4n) is 3.68. The van der Waals surface area contributed by atoms with Crippen LogP contribution in [0.25, 0.3) is 0 Å². The van der Waals surface area contributed by atoms with E-state index in [4.69, 9.17) is 10.7 Å². The lowest BCUT2D eigenvalue weighted by Crippen LogP contribution is -2.51. The molecule has 146 valence electrons. The second kappa shape index (κ2) is 9.59. The fraction of sp³-hybridized carbons (Fsp3) is 0.474. The number of benzene rings is 1. The summed E-state index contributed by atoms with van der Waals surface area (Å²) in [6, 6.07) is 10.6. The van der Waals surface area contributed by atoms with Gasteiger partial charge < -0.3 is 20.4 Å². The third-order valence-corrected chi connectivity index (χ3v) is 6.04. The molecule has 27 heavy (non-hydrogen) atoms. The largest absolute Gasteiger partial charge is 0.371 e. The summed E-state index contributed by atoms with van der Waals surface area (Å²) in [6.45, 7) is 6.73. The Labute approximate surface area is 182 Å². The van der Waals surface area contributed by atoms with Crippen molar-refractivity contribution < 1.29 is 0 Å². The standard InChI is InChI=1S/C19H26N6S.HI/c20-18(23-9-11-24(12-10-23)19-21-7-13-26-19)22-14-16-6-8-25(15-16)17-4-2-1-3-5-17;/h1-5,7,13,16H,6,8-12,14-15H2,(H2,20,22);1H. The van der Waals surface area contributed by atoms with Crippen LogP contribution in [0.3, 0.4) is 0 Å². The Morgan fingerprint density at radius 3 is 2.59 bits per heavy atom. The molecule has 2 aliphatic heterocycles. The van der Waals surface area contributed by atoms with Crippen molar-refractivity contribution in [2.75, 3.05) is 55.6 Å². The van der Waals surface area contributed by atoms with Crippen LogP contribution in [0, 0.1) is 5.92 Å². The summed E-state index contributed by atoms with van der Waals surface area (Å²) in [5, 5.41) is 3.13. The number of anilines is 2. The summed E-state index contributed by atoms with van der Waals surface area (Å²) in [7, 11) is 0. The predicted octanol–water partition coefficient (Wildman–Crippen LogP) is 2.72. The van der Waals surface area contributed by atoms with E-state index < -0.39 is 0 Å². The van der Waals surface area contributed by atoms with Crippen molar-refractivity contribution >= 4 is 52.1 Å². The number of thiazole rings is 1. The normalized spacial score (nSPS) is 20.7. The molecule has 6 nitrogen and oxygen atoms in total. The van der Waals surface area contributed by atoms with Crippen LogP contribution >= 0.6 is 35.3 Å². The molecule has 8 heteroatoms. The van der Waals surface area contributed by atoms with E-state index in [2.05, 4.69) is 50.0 Å². The van der Waals surface area contributed by atoms with Crippen LogP contribution in [0.1, 0.15) is 6.42 Å². The van der Waals surface area contributed by atoms with E-state index in [1.807, 2.05) is 11.6 Å². The lowest BCUT2D eigenvalue weighted by atomic mass is 10.1. The number of aliphatic imine (C=N–C) groups is 1. The highest BCUT2D eigenvalue weighted by Gasteiger charge is 2.23. The first-order chi connectivity index (χ1) is 12.8. The van der Waals surface area contributed by atoms with Gasteiger partial charge in [0, 0.05) is 63.1 Å². The number of guanidine groups is 1. The maximum atomic E-state index is 6.27. The van der Waals surface area contributed by atoms with Crippen LogP contribution in [0.4, 0.5) is 10.8 Å². The third kappa shape index (κ3) is 5.04. The highest BCUT2D eigenvalue weighted by Crippen LogP contribution is 2.23. The van der Waals surface area contributed by atoms with Crippen LogP contribution in [-0.2, 0) is 0 Å². The Hall–Kier alpha value is -1.55. The molecule has 0 bridgehead atoms. The van der Waals surface area contributed by atoms with Crippen LogP contribution in [0.2, 0.25) is 0 Å². The molecule has 0 spiro atoms. The van der Waals surface area contributed by atoms with Crippen molar-refractivity contribution in [3.63, 3.8) is 0 Å². The van der Waals surface area contributed by atoms with Gasteiger partial charge in [-0.25, -0.2) is 4.98 Å². The van der Waals surface area contributed by atoms with Crippen molar-refractivity contribution in [1.82, 2.24) is 9.88 Å². The second-order valence-electron chi connectivity index (χ2n) is 6.92. The van der Waals surface area contributed by atoms with Crippen LogP contribution in [-0.4, -0.2) is 61.7 Å². The molecular formula is C19H27IN6S. The number of halogens is 1. The molecule has 0 aliphatic carbocycles. The summed E-state index contributed by atoms with van der Waals surface area (Å²) in [5.41, 5.74) is 7.58. The van der Waals surface area contributed by atoms with Crippen molar-refractivity contribution in [3.05, 3.63) is 41.9 Å². The Bertz CT molecular complexity index is 715. The Balaban J connectivity index is 0.00000210. The molecule has 2 fully saturated rings. The first kappa shape index (κ1) is 20.2. The quantitative estimate of drug-likeness (QED) is 0.399. The number of para-hydroxylation sites is 1. The van der Waals surface area contributed by atoms with E-state index in [0.717, 1.165) is 50.9 Å². The number of rotatable bonds is 4. The maximum absolute atomic E-state index is 6.27. The van der Waals surface area contributed by atoms with E-state index in [0.29, 0.717) is 11.9 Å². The predicted molar refractivity (Wildman–Crippen MR) is 125 cm³/mol. The summed E-state index contributed by atoms with van der Waals surface area (Å²) >= 11 is 1.69. The molecular weight excluding hydrogens is 471 g/mol. The Morgan fingerprint density at radius 1 is 1.11 bits per heavy atom. The summed E-state index contributed by atoms with van der Waals surface area (Å²) in [4.78, 5) is 16.1. The number of hydrogen-bond donors (Lipinski definition) is 1. The van der Waals surface area contributed by atoms with Gasteiger partial charge in [-0.15, -0.1) is 35.3 Å². The lowest BCUT2D eigenvalue weighted by Gasteiger charge is -2.35. The molecule has 1 unspecified atom stereocenters. The minimum absolute atomic E-state index is 0. The highest BCUT2D eigenvalue weighted by molar-refractivity contribution is 14.0. The van der Waals surface area contributed by atoms with Crippen molar-refractivity contribution in [3.8, 4) is 0 Å². The van der Waals surface area contributed by atoms with Crippen LogP contribution < -0.4 is 15.5 Å². The summed E-state index contributed by atoms with van der Waals surface area (Å²) < 4.78 is 0. The molecule has 1 aromatic heterocycles. The zero-order valence-electron chi connectivity index (χ0n) is 15.4.